The van der Waals surface area contributed by atoms with E-state index in [9.17, 15) is 4.79 Å². The Bertz CT molecular complexity index is 853. The van der Waals surface area contributed by atoms with Gasteiger partial charge in [0.25, 0.3) is 0 Å². The number of methoxy groups -OCH3 is 1. The van der Waals surface area contributed by atoms with E-state index in [-0.39, 0.29) is 5.92 Å². The lowest BCUT2D eigenvalue weighted by Gasteiger charge is -2.39. The molecule has 2 aliphatic heterocycles. The van der Waals surface area contributed by atoms with Gasteiger partial charge in [0, 0.05) is 38.6 Å². The van der Waals surface area contributed by atoms with E-state index in [0.717, 1.165) is 70.1 Å². The smallest absolute Gasteiger partial charge is 0.225 e. The van der Waals surface area contributed by atoms with Crippen LogP contribution >= 0.6 is 0 Å². The van der Waals surface area contributed by atoms with E-state index in [2.05, 4.69) is 52.0 Å². The Balaban J connectivity index is 1.26. The molecule has 0 aliphatic carbocycles. The summed E-state index contributed by atoms with van der Waals surface area (Å²) in [6.45, 7) is 8.44. The zero-order chi connectivity index (χ0) is 20.9. The molecule has 0 atom stereocenters. The molecule has 4 rings (SSSR count). The topological polar surface area (TPSA) is 36.0 Å². The number of carbonyl (C=O) groups is 1. The zero-order valence-corrected chi connectivity index (χ0v) is 18.2. The van der Waals surface area contributed by atoms with Crippen LogP contribution in [0.4, 0.5) is 5.69 Å². The average molecular weight is 408 g/mol. The molecule has 160 valence electrons. The molecule has 1 amide bonds. The summed E-state index contributed by atoms with van der Waals surface area (Å²) in [5, 5.41) is 0. The standard InChI is InChI=1S/C25H33N3O2/c1-20-6-5-7-21(18-20)19-26-12-10-22(11-13-26)25(29)28-16-14-27(15-17-28)23-8-3-4-9-24(23)30-2/h3-9,18,22H,10-17,19H2,1-2H3. The third-order valence-corrected chi connectivity index (χ3v) is 6.44. The van der Waals surface area contributed by atoms with Gasteiger partial charge in [0.05, 0.1) is 12.8 Å². The third kappa shape index (κ3) is 4.78. The van der Waals surface area contributed by atoms with Crippen molar-refractivity contribution in [3.05, 3.63) is 59.7 Å². The summed E-state index contributed by atoms with van der Waals surface area (Å²) in [5.74, 6) is 1.43. The molecule has 30 heavy (non-hydrogen) atoms. The normalized spacial score (nSPS) is 18.5. The highest BCUT2D eigenvalue weighted by Gasteiger charge is 2.30. The number of anilines is 1. The van der Waals surface area contributed by atoms with Crippen LogP contribution in [0.1, 0.15) is 24.0 Å². The van der Waals surface area contributed by atoms with Crippen molar-refractivity contribution in [3.63, 3.8) is 0 Å². The summed E-state index contributed by atoms with van der Waals surface area (Å²) < 4.78 is 5.50. The van der Waals surface area contributed by atoms with Crippen molar-refractivity contribution in [2.24, 2.45) is 5.92 Å². The molecule has 0 N–H and O–H groups in total. The summed E-state index contributed by atoms with van der Waals surface area (Å²) in [7, 11) is 1.71. The van der Waals surface area contributed by atoms with Crippen LogP contribution in [0.5, 0.6) is 5.75 Å². The number of piperidine rings is 1. The van der Waals surface area contributed by atoms with Gasteiger partial charge in [-0.15, -0.1) is 0 Å². The number of aryl methyl sites for hydroxylation is 1. The number of benzene rings is 2. The van der Waals surface area contributed by atoms with E-state index >= 15 is 0 Å². The highest BCUT2D eigenvalue weighted by Crippen LogP contribution is 2.29. The predicted octanol–water partition coefficient (Wildman–Crippen LogP) is 3.56. The number of hydrogen-bond acceptors (Lipinski definition) is 4. The van der Waals surface area contributed by atoms with Crippen LogP contribution in [0.25, 0.3) is 0 Å². The lowest BCUT2D eigenvalue weighted by atomic mass is 9.94. The SMILES string of the molecule is COc1ccccc1N1CCN(C(=O)C2CCN(Cc3cccc(C)c3)CC2)CC1. The molecule has 2 heterocycles. The van der Waals surface area contributed by atoms with Gasteiger partial charge >= 0.3 is 0 Å². The Kier molecular flexibility index (Phi) is 6.58. The molecule has 2 saturated heterocycles. The van der Waals surface area contributed by atoms with E-state index in [1.807, 2.05) is 18.2 Å². The minimum atomic E-state index is 0.177. The Morgan fingerprint density at radius 1 is 0.967 bits per heavy atom. The lowest BCUT2D eigenvalue weighted by molar-refractivity contribution is -0.137. The van der Waals surface area contributed by atoms with Gasteiger partial charge < -0.3 is 14.5 Å². The first-order valence-corrected chi connectivity index (χ1v) is 11.1. The van der Waals surface area contributed by atoms with Crippen molar-refractivity contribution >= 4 is 11.6 Å². The molecule has 0 aromatic heterocycles. The fourth-order valence-electron chi connectivity index (χ4n) is 4.72. The molecule has 2 aromatic rings. The highest BCUT2D eigenvalue weighted by molar-refractivity contribution is 5.79. The Hall–Kier alpha value is -2.53. The monoisotopic (exact) mass is 407 g/mol. The maximum atomic E-state index is 13.1. The largest absolute Gasteiger partial charge is 0.495 e. The quantitative estimate of drug-likeness (QED) is 0.759. The van der Waals surface area contributed by atoms with Gasteiger partial charge in [0.2, 0.25) is 5.91 Å². The summed E-state index contributed by atoms with van der Waals surface area (Å²) >= 11 is 0. The zero-order valence-electron chi connectivity index (χ0n) is 18.2. The van der Waals surface area contributed by atoms with E-state index in [1.54, 1.807) is 7.11 Å². The van der Waals surface area contributed by atoms with Gasteiger partial charge in [-0.2, -0.15) is 0 Å². The minimum Gasteiger partial charge on any atom is -0.495 e. The van der Waals surface area contributed by atoms with Crippen LogP contribution in [0.15, 0.2) is 48.5 Å². The fraction of sp³-hybridized carbons (Fsp3) is 0.480. The van der Waals surface area contributed by atoms with Crippen LogP contribution in [-0.2, 0) is 11.3 Å². The first-order valence-electron chi connectivity index (χ1n) is 11.1. The molecule has 0 radical (unpaired) electrons. The number of rotatable bonds is 5. The van der Waals surface area contributed by atoms with Crippen LogP contribution in [-0.4, -0.2) is 62.1 Å². The number of nitrogens with zero attached hydrogens (tertiary/aromatic N) is 3. The number of ether oxygens (including phenoxy) is 1. The number of hydrogen-bond donors (Lipinski definition) is 0. The van der Waals surface area contributed by atoms with Gasteiger partial charge in [-0.3, -0.25) is 9.69 Å². The molecular formula is C25H33N3O2. The molecule has 5 nitrogen and oxygen atoms in total. The minimum absolute atomic E-state index is 0.177. The van der Waals surface area contributed by atoms with E-state index in [4.69, 9.17) is 4.74 Å². The second-order valence-electron chi connectivity index (χ2n) is 8.52. The maximum absolute atomic E-state index is 13.1. The summed E-state index contributed by atoms with van der Waals surface area (Å²) in [6, 6.07) is 16.9. The Morgan fingerprint density at radius 3 is 2.40 bits per heavy atom. The Labute approximate surface area is 180 Å². The van der Waals surface area contributed by atoms with Crippen molar-refractivity contribution in [1.29, 1.82) is 0 Å². The molecule has 2 fully saturated rings. The maximum Gasteiger partial charge on any atom is 0.225 e. The van der Waals surface area contributed by atoms with E-state index in [1.165, 1.54) is 11.1 Å². The van der Waals surface area contributed by atoms with Crippen molar-refractivity contribution < 1.29 is 9.53 Å². The van der Waals surface area contributed by atoms with Crippen molar-refractivity contribution in [1.82, 2.24) is 9.80 Å². The number of carbonyl (C=O) groups excluding carboxylic acids is 1. The second kappa shape index (κ2) is 9.52. The van der Waals surface area contributed by atoms with Crippen LogP contribution in [0, 0.1) is 12.8 Å². The van der Waals surface area contributed by atoms with Gasteiger partial charge in [0.15, 0.2) is 0 Å². The van der Waals surface area contributed by atoms with Gasteiger partial charge in [-0.05, 0) is 50.6 Å². The summed E-state index contributed by atoms with van der Waals surface area (Å²) in [4.78, 5) is 20.0. The van der Waals surface area contributed by atoms with E-state index < -0.39 is 0 Å². The average Bonchev–Trinajstić information content (AvgIpc) is 2.79. The second-order valence-corrected chi connectivity index (χ2v) is 8.52. The van der Waals surface area contributed by atoms with Gasteiger partial charge in [0.1, 0.15) is 5.75 Å². The summed E-state index contributed by atoms with van der Waals surface area (Å²) in [6.07, 6.45) is 1.94. The first-order chi connectivity index (χ1) is 14.6. The molecule has 2 aliphatic rings. The molecule has 0 bridgehead atoms. The van der Waals surface area contributed by atoms with Crippen molar-refractivity contribution in [2.45, 2.75) is 26.3 Å². The Morgan fingerprint density at radius 2 is 1.70 bits per heavy atom. The third-order valence-electron chi connectivity index (χ3n) is 6.44. The van der Waals surface area contributed by atoms with Crippen LogP contribution < -0.4 is 9.64 Å². The van der Waals surface area contributed by atoms with Crippen LogP contribution in [0.2, 0.25) is 0 Å². The molecular weight excluding hydrogens is 374 g/mol. The van der Waals surface area contributed by atoms with Gasteiger partial charge in [-0.1, -0.05) is 42.0 Å². The van der Waals surface area contributed by atoms with E-state index in [0.29, 0.717) is 5.91 Å². The number of para-hydroxylation sites is 2. The highest BCUT2D eigenvalue weighted by atomic mass is 16.5. The number of amides is 1. The van der Waals surface area contributed by atoms with Crippen LogP contribution in [0.3, 0.4) is 0 Å². The summed E-state index contributed by atoms with van der Waals surface area (Å²) in [5.41, 5.74) is 3.80. The molecule has 0 unspecified atom stereocenters. The number of piperazine rings is 1. The fourth-order valence-corrected chi connectivity index (χ4v) is 4.72. The van der Waals surface area contributed by atoms with Crippen molar-refractivity contribution in [2.75, 3.05) is 51.3 Å². The predicted molar refractivity (Wildman–Crippen MR) is 121 cm³/mol. The molecule has 0 spiro atoms. The van der Waals surface area contributed by atoms with Gasteiger partial charge in [-0.25, -0.2) is 0 Å². The molecule has 0 saturated carbocycles. The lowest BCUT2D eigenvalue weighted by Crippen LogP contribution is -2.51. The first kappa shape index (κ1) is 20.7. The molecule has 5 heteroatoms. The van der Waals surface area contributed by atoms with Crippen molar-refractivity contribution in [3.8, 4) is 5.75 Å². The molecule has 2 aromatic carbocycles. The number of likely N-dealkylation sites (tertiary alicyclic amines) is 1.